The van der Waals surface area contributed by atoms with E-state index in [-0.39, 0.29) is 0 Å². The van der Waals surface area contributed by atoms with Crippen LogP contribution in [0.2, 0.25) is 0 Å². The van der Waals surface area contributed by atoms with E-state index in [4.69, 9.17) is 4.74 Å². The van der Waals surface area contributed by atoms with Crippen LogP contribution in [0.15, 0.2) is 24.3 Å². The molecule has 3 heteroatoms. The summed E-state index contributed by atoms with van der Waals surface area (Å²) < 4.78 is 5.11. The molecule has 1 fully saturated rings. The predicted molar refractivity (Wildman–Crippen MR) is 68.0 cm³/mol. The van der Waals surface area contributed by atoms with Crippen LogP contribution in [0.3, 0.4) is 0 Å². The van der Waals surface area contributed by atoms with E-state index in [9.17, 15) is 5.26 Å². The Morgan fingerprint density at radius 3 is 2.53 bits per heavy atom. The molecule has 0 spiro atoms. The molecule has 1 saturated carbocycles. The Bertz CT molecular complexity index is 417. The third-order valence-corrected chi connectivity index (χ3v) is 3.15. The first-order valence-electron chi connectivity index (χ1n) is 5.99. The summed E-state index contributed by atoms with van der Waals surface area (Å²) >= 11 is 0. The van der Waals surface area contributed by atoms with Gasteiger partial charge < -0.3 is 10.1 Å². The SMILES string of the molecule is COc1ccc(NC(C)(C#N)CC2CC2)cc1. The van der Waals surface area contributed by atoms with Crippen molar-refractivity contribution in [3.63, 3.8) is 0 Å². The normalized spacial score (nSPS) is 17.9. The number of hydrogen-bond donors (Lipinski definition) is 1. The Morgan fingerprint density at radius 2 is 2.06 bits per heavy atom. The van der Waals surface area contributed by atoms with Crippen molar-refractivity contribution >= 4 is 5.69 Å². The lowest BCUT2D eigenvalue weighted by Crippen LogP contribution is -2.33. The summed E-state index contributed by atoms with van der Waals surface area (Å²) in [5.74, 6) is 1.56. The summed E-state index contributed by atoms with van der Waals surface area (Å²) in [6.45, 7) is 1.97. The summed E-state index contributed by atoms with van der Waals surface area (Å²) in [5.41, 5.74) is 0.506. The van der Waals surface area contributed by atoms with Crippen LogP contribution in [0.5, 0.6) is 5.75 Å². The van der Waals surface area contributed by atoms with E-state index in [1.54, 1.807) is 7.11 Å². The van der Waals surface area contributed by atoms with Crippen LogP contribution < -0.4 is 10.1 Å². The number of hydrogen-bond acceptors (Lipinski definition) is 3. The minimum absolute atomic E-state index is 0.463. The molecule has 0 radical (unpaired) electrons. The van der Waals surface area contributed by atoms with E-state index >= 15 is 0 Å². The highest BCUT2D eigenvalue weighted by atomic mass is 16.5. The molecule has 2 rings (SSSR count). The monoisotopic (exact) mass is 230 g/mol. The molecule has 1 aromatic rings. The van der Waals surface area contributed by atoms with Crippen LogP contribution in [0.4, 0.5) is 5.69 Å². The van der Waals surface area contributed by atoms with Gasteiger partial charge in [0.15, 0.2) is 0 Å². The van der Waals surface area contributed by atoms with E-state index in [2.05, 4.69) is 11.4 Å². The maximum absolute atomic E-state index is 9.29. The van der Waals surface area contributed by atoms with Crippen LogP contribution in [0, 0.1) is 17.2 Å². The largest absolute Gasteiger partial charge is 0.497 e. The fourth-order valence-corrected chi connectivity index (χ4v) is 2.02. The summed E-state index contributed by atoms with van der Waals surface area (Å²) in [4.78, 5) is 0. The molecular formula is C14H18N2O. The molecule has 1 aliphatic carbocycles. The molecule has 1 N–H and O–H groups in total. The summed E-state index contributed by atoms with van der Waals surface area (Å²) in [6, 6.07) is 10.1. The number of methoxy groups -OCH3 is 1. The van der Waals surface area contributed by atoms with E-state index < -0.39 is 5.54 Å². The summed E-state index contributed by atoms with van der Waals surface area (Å²) in [7, 11) is 1.65. The van der Waals surface area contributed by atoms with Crippen LogP contribution >= 0.6 is 0 Å². The van der Waals surface area contributed by atoms with Gasteiger partial charge in [-0.25, -0.2) is 0 Å². The van der Waals surface area contributed by atoms with Crippen molar-refractivity contribution in [1.82, 2.24) is 0 Å². The lowest BCUT2D eigenvalue weighted by atomic mass is 9.96. The minimum Gasteiger partial charge on any atom is -0.497 e. The second-order valence-electron chi connectivity index (χ2n) is 4.94. The fraction of sp³-hybridized carbons (Fsp3) is 0.500. The molecule has 1 aromatic carbocycles. The first-order valence-corrected chi connectivity index (χ1v) is 5.99. The molecular weight excluding hydrogens is 212 g/mol. The number of rotatable bonds is 5. The number of nitriles is 1. The van der Waals surface area contributed by atoms with E-state index in [1.807, 2.05) is 31.2 Å². The standard InChI is InChI=1S/C14H18N2O/c1-14(10-15,9-11-3-4-11)16-12-5-7-13(17-2)8-6-12/h5-8,11,16H,3-4,9H2,1-2H3. The van der Waals surface area contributed by atoms with Crippen molar-refractivity contribution in [2.45, 2.75) is 31.7 Å². The maximum Gasteiger partial charge on any atom is 0.122 e. The van der Waals surface area contributed by atoms with Crippen molar-refractivity contribution < 1.29 is 4.74 Å². The average Bonchev–Trinajstić information content (AvgIpc) is 3.14. The van der Waals surface area contributed by atoms with Crippen molar-refractivity contribution in [2.75, 3.05) is 12.4 Å². The Labute approximate surface area is 102 Å². The molecule has 0 amide bonds. The lowest BCUT2D eigenvalue weighted by Gasteiger charge is -2.24. The van der Waals surface area contributed by atoms with Crippen molar-refractivity contribution in [1.29, 1.82) is 5.26 Å². The van der Waals surface area contributed by atoms with Crippen LogP contribution in [0.25, 0.3) is 0 Å². The van der Waals surface area contributed by atoms with Gasteiger partial charge in [-0.1, -0.05) is 12.8 Å². The number of nitrogens with zero attached hydrogens (tertiary/aromatic N) is 1. The van der Waals surface area contributed by atoms with E-state index in [1.165, 1.54) is 12.8 Å². The second kappa shape index (κ2) is 4.67. The van der Waals surface area contributed by atoms with Gasteiger partial charge in [0.25, 0.3) is 0 Å². The highest BCUT2D eigenvalue weighted by Gasteiger charge is 2.33. The topological polar surface area (TPSA) is 45.0 Å². The number of nitrogens with one attached hydrogen (secondary N) is 1. The zero-order valence-corrected chi connectivity index (χ0v) is 10.4. The Morgan fingerprint density at radius 1 is 1.41 bits per heavy atom. The molecule has 0 aliphatic heterocycles. The third-order valence-electron chi connectivity index (χ3n) is 3.15. The van der Waals surface area contributed by atoms with Crippen LogP contribution in [0.1, 0.15) is 26.2 Å². The molecule has 90 valence electrons. The Kier molecular flexibility index (Phi) is 3.23. The smallest absolute Gasteiger partial charge is 0.122 e. The second-order valence-corrected chi connectivity index (χ2v) is 4.94. The molecule has 1 atom stereocenters. The Hall–Kier alpha value is -1.69. The molecule has 1 unspecified atom stereocenters. The summed E-state index contributed by atoms with van der Waals surface area (Å²) in [6.07, 6.45) is 3.46. The molecule has 17 heavy (non-hydrogen) atoms. The van der Waals surface area contributed by atoms with Crippen molar-refractivity contribution in [2.24, 2.45) is 5.92 Å². The van der Waals surface area contributed by atoms with Gasteiger partial charge in [0.1, 0.15) is 11.3 Å². The molecule has 1 aliphatic rings. The quantitative estimate of drug-likeness (QED) is 0.844. The number of benzene rings is 1. The van der Waals surface area contributed by atoms with Crippen molar-refractivity contribution in [3.05, 3.63) is 24.3 Å². The van der Waals surface area contributed by atoms with Crippen LogP contribution in [-0.2, 0) is 0 Å². The Balaban J connectivity index is 2.03. The van der Waals surface area contributed by atoms with E-state index in [0.29, 0.717) is 0 Å². The highest BCUT2D eigenvalue weighted by Crippen LogP contribution is 2.37. The zero-order chi connectivity index (χ0) is 12.3. The van der Waals surface area contributed by atoms with Gasteiger partial charge in [0, 0.05) is 5.69 Å². The fourth-order valence-electron chi connectivity index (χ4n) is 2.02. The first kappa shape index (κ1) is 11.8. The number of anilines is 1. The molecule has 0 aromatic heterocycles. The third kappa shape index (κ3) is 3.13. The maximum atomic E-state index is 9.29. The van der Waals surface area contributed by atoms with E-state index in [0.717, 1.165) is 23.8 Å². The van der Waals surface area contributed by atoms with Gasteiger partial charge in [-0.05, 0) is 43.5 Å². The first-order chi connectivity index (χ1) is 8.15. The van der Waals surface area contributed by atoms with Gasteiger partial charge >= 0.3 is 0 Å². The van der Waals surface area contributed by atoms with Gasteiger partial charge in [0.05, 0.1) is 13.2 Å². The summed E-state index contributed by atoms with van der Waals surface area (Å²) in [5, 5.41) is 12.6. The van der Waals surface area contributed by atoms with Gasteiger partial charge in [-0.2, -0.15) is 5.26 Å². The van der Waals surface area contributed by atoms with Gasteiger partial charge in [0.2, 0.25) is 0 Å². The zero-order valence-electron chi connectivity index (χ0n) is 10.4. The van der Waals surface area contributed by atoms with Crippen LogP contribution in [-0.4, -0.2) is 12.6 Å². The molecule has 3 nitrogen and oxygen atoms in total. The van der Waals surface area contributed by atoms with Gasteiger partial charge in [-0.3, -0.25) is 0 Å². The van der Waals surface area contributed by atoms with Crippen molar-refractivity contribution in [3.8, 4) is 11.8 Å². The molecule has 0 bridgehead atoms. The minimum atomic E-state index is -0.463. The number of ether oxygens (including phenoxy) is 1. The lowest BCUT2D eigenvalue weighted by molar-refractivity contribution is 0.415. The van der Waals surface area contributed by atoms with Gasteiger partial charge in [-0.15, -0.1) is 0 Å². The molecule has 0 saturated heterocycles. The average molecular weight is 230 g/mol. The molecule has 0 heterocycles. The highest BCUT2D eigenvalue weighted by molar-refractivity contribution is 5.49. The predicted octanol–water partition coefficient (Wildman–Crippen LogP) is 3.19.